The van der Waals surface area contributed by atoms with Crippen molar-refractivity contribution >= 4 is 11.3 Å². The van der Waals surface area contributed by atoms with Gasteiger partial charge in [-0.25, -0.2) is 0 Å². The van der Waals surface area contributed by atoms with E-state index in [9.17, 15) is 0 Å². The van der Waals surface area contributed by atoms with Crippen molar-refractivity contribution in [2.75, 3.05) is 19.7 Å². The smallest absolute Gasteiger partial charge is 0.119 e. The monoisotopic (exact) mass is 247 g/mol. The van der Waals surface area contributed by atoms with Crippen molar-refractivity contribution in [1.82, 2.24) is 5.32 Å². The second-order valence-corrected chi connectivity index (χ2v) is 4.57. The number of hydrogen-bond acceptors (Lipinski definition) is 3. The summed E-state index contributed by atoms with van der Waals surface area (Å²) in [7, 11) is 0. The highest BCUT2D eigenvalue weighted by atomic mass is 32.1. The van der Waals surface area contributed by atoms with Crippen molar-refractivity contribution < 1.29 is 4.74 Å². The molecule has 2 aromatic rings. The molecule has 1 aromatic carbocycles. The average Bonchev–Trinajstić information content (AvgIpc) is 2.88. The highest BCUT2D eigenvalue weighted by Gasteiger charge is 1.94. The van der Waals surface area contributed by atoms with Crippen LogP contribution in [0.1, 0.15) is 5.56 Å². The summed E-state index contributed by atoms with van der Waals surface area (Å²) in [5.41, 5.74) is 1.41. The molecule has 0 unspecified atom stereocenters. The Balaban J connectivity index is 1.52. The van der Waals surface area contributed by atoms with Gasteiger partial charge in [-0.15, -0.1) is 0 Å². The maximum Gasteiger partial charge on any atom is 0.119 e. The fourth-order valence-corrected chi connectivity index (χ4v) is 2.25. The van der Waals surface area contributed by atoms with Crippen molar-refractivity contribution in [2.45, 2.75) is 6.42 Å². The Morgan fingerprint density at radius 2 is 1.94 bits per heavy atom. The minimum absolute atomic E-state index is 0.716. The first-order valence-corrected chi connectivity index (χ1v) is 6.79. The van der Waals surface area contributed by atoms with Gasteiger partial charge in [0.15, 0.2) is 0 Å². The number of rotatable bonds is 7. The molecule has 0 amide bonds. The molecular weight excluding hydrogens is 230 g/mol. The molecule has 1 N–H and O–H groups in total. The first kappa shape index (κ1) is 12.1. The zero-order chi connectivity index (χ0) is 11.8. The fourth-order valence-electron chi connectivity index (χ4n) is 1.55. The maximum atomic E-state index is 5.58. The van der Waals surface area contributed by atoms with Crippen molar-refractivity contribution in [2.24, 2.45) is 0 Å². The van der Waals surface area contributed by atoms with Crippen LogP contribution in [0, 0.1) is 0 Å². The molecule has 2 nitrogen and oxygen atoms in total. The Morgan fingerprint density at radius 3 is 2.71 bits per heavy atom. The van der Waals surface area contributed by atoms with Gasteiger partial charge in [0.2, 0.25) is 0 Å². The molecular formula is C14H17NOS. The van der Waals surface area contributed by atoms with Crippen molar-refractivity contribution in [3.05, 3.63) is 52.7 Å². The predicted octanol–water partition coefficient (Wildman–Crippen LogP) is 2.96. The van der Waals surface area contributed by atoms with E-state index in [0.717, 1.165) is 25.3 Å². The molecule has 0 aliphatic heterocycles. The van der Waals surface area contributed by atoms with Gasteiger partial charge in [0.25, 0.3) is 0 Å². The summed E-state index contributed by atoms with van der Waals surface area (Å²) in [6, 6.07) is 12.1. The molecule has 0 spiro atoms. The van der Waals surface area contributed by atoms with Crippen LogP contribution in [-0.4, -0.2) is 19.7 Å². The molecule has 2 rings (SSSR count). The second-order valence-electron chi connectivity index (χ2n) is 3.79. The van der Waals surface area contributed by atoms with Gasteiger partial charge >= 0.3 is 0 Å². The molecule has 0 bridgehead atoms. The van der Waals surface area contributed by atoms with Crippen molar-refractivity contribution in [3.8, 4) is 5.75 Å². The average molecular weight is 247 g/mol. The summed E-state index contributed by atoms with van der Waals surface area (Å²) < 4.78 is 5.58. The number of nitrogens with one attached hydrogen (secondary N) is 1. The molecule has 1 aromatic heterocycles. The first-order valence-electron chi connectivity index (χ1n) is 5.85. The van der Waals surface area contributed by atoms with E-state index < -0.39 is 0 Å². The SMILES string of the molecule is c1ccc(OCCNCCc2ccsc2)cc1. The standard InChI is InChI=1S/C14H17NOS/c1-2-4-14(5-3-1)16-10-9-15-8-6-13-7-11-17-12-13/h1-5,7,11-12,15H,6,8-10H2. The van der Waals surface area contributed by atoms with Gasteiger partial charge in [-0.1, -0.05) is 18.2 Å². The lowest BCUT2D eigenvalue weighted by Gasteiger charge is -2.06. The largest absolute Gasteiger partial charge is 0.492 e. The van der Waals surface area contributed by atoms with Crippen LogP contribution in [0.3, 0.4) is 0 Å². The summed E-state index contributed by atoms with van der Waals surface area (Å²) >= 11 is 1.75. The minimum Gasteiger partial charge on any atom is -0.492 e. The van der Waals surface area contributed by atoms with E-state index in [-0.39, 0.29) is 0 Å². The molecule has 0 radical (unpaired) electrons. The minimum atomic E-state index is 0.716. The normalized spacial score (nSPS) is 10.4. The van der Waals surface area contributed by atoms with E-state index in [0.29, 0.717) is 6.61 Å². The number of benzene rings is 1. The molecule has 0 fully saturated rings. The number of thiophene rings is 1. The Kier molecular flexibility index (Phi) is 5.07. The first-order chi connectivity index (χ1) is 8.45. The molecule has 0 saturated heterocycles. The lowest BCUT2D eigenvalue weighted by Crippen LogP contribution is -2.23. The highest BCUT2D eigenvalue weighted by molar-refractivity contribution is 7.07. The zero-order valence-electron chi connectivity index (χ0n) is 9.76. The van der Waals surface area contributed by atoms with Gasteiger partial charge in [-0.3, -0.25) is 0 Å². The van der Waals surface area contributed by atoms with E-state index in [1.165, 1.54) is 5.56 Å². The molecule has 90 valence electrons. The van der Waals surface area contributed by atoms with Crippen LogP contribution in [0.2, 0.25) is 0 Å². The Hall–Kier alpha value is -1.32. The Labute approximate surface area is 106 Å². The fraction of sp³-hybridized carbons (Fsp3) is 0.286. The maximum absolute atomic E-state index is 5.58. The highest BCUT2D eigenvalue weighted by Crippen LogP contribution is 2.07. The summed E-state index contributed by atoms with van der Waals surface area (Å²) in [6.45, 7) is 2.61. The van der Waals surface area contributed by atoms with E-state index in [4.69, 9.17) is 4.74 Å². The van der Waals surface area contributed by atoms with Crippen LogP contribution >= 0.6 is 11.3 Å². The topological polar surface area (TPSA) is 21.3 Å². The zero-order valence-corrected chi connectivity index (χ0v) is 10.6. The molecule has 0 saturated carbocycles. The molecule has 3 heteroatoms. The van der Waals surface area contributed by atoms with E-state index >= 15 is 0 Å². The quantitative estimate of drug-likeness (QED) is 0.760. The molecule has 1 heterocycles. The van der Waals surface area contributed by atoms with Gasteiger partial charge in [0.05, 0.1) is 0 Å². The van der Waals surface area contributed by atoms with Crippen molar-refractivity contribution in [3.63, 3.8) is 0 Å². The van der Waals surface area contributed by atoms with Crippen LogP contribution in [0.25, 0.3) is 0 Å². The summed E-state index contributed by atoms with van der Waals surface area (Å²) in [4.78, 5) is 0. The van der Waals surface area contributed by atoms with Crippen molar-refractivity contribution in [1.29, 1.82) is 0 Å². The van der Waals surface area contributed by atoms with Gasteiger partial charge in [0.1, 0.15) is 12.4 Å². The third kappa shape index (κ3) is 4.59. The van der Waals surface area contributed by atoms with E-state index in [1.807, 2.05) is 30.3 Å². The van der Waals surface area contributed by atoms with Crippen LogP contribution in [-0.2, 0) is 6.42 Å². The van der Waals surface area contributed by atoms with Crippen LogP contribution in [0.5, 0.6) is 5.75 Å². The van der Waals surface area contributed by atoms with Gasteiger partial charge < -0.3 is 10.1 Å². The molecule has 17 heavy (non-hydrogen) atoms. The summed E-state index contributed by atoms with van der Waals surface area (Å²) in [5, 5.41) is 7.69. The third-order valence-electron chi connectivity index (χ3n) is 2.46. The second kappa shape index (κ2) is 7.09. The summed E-state index contributed by atoms with van der Waals surface area (Å²) in [6.07, 6.45) is 1.09. The molecule has 0 aliphatic rings. The number of para-hydroxylation sites is 1. The van der Waals surface area contributed by atoms with Gasteiger partial charge in [-0.05, 0) is 47.5 Å². The lowest BCUT2D eigenvalue weighted by atomic mass is 10.2. The molecule has 0 atom stereocenters. The van der Waals surface area contributed by atoms with Gasteiger partial charge in [0, 0.05) is 6.54 Å². The predicted molar refractivity (Wildman–Crippen MR) is 72.8 cm³/mol. The summed E-state index contributed by atoms with van der Waals surface area (Å²) in [5.74, 6) is 0.937. The third-order valence-corrected chi connectivity index (χ3v) is 3.19. The van der Waals surface area contributed by atoms with E-state index in [1.54, 1.807) is 11.3 Å². The van der Waals surface area contributed by atoms with Crippen LogP contribution in [0.15, 0.2) is 47.2 Å². The van der Waals surface area contributed by atoms with Crippen LogP contribution in [0.4, 0.5) is 0 Å². The van der Waals surface area contributed by atoms with E-state index in [2.05, 4.69) is 22.1 Å². The lowest BCUT2D eigenvalue weighted by molar-refractivity contribution is 0.314. The molecule has 0 aliphatic carbocycles. The van der Waals surface area contributed by atoms with Gasteiger partial charge in [-0.2, -0.15) is 11.3 Å². The Morgan fingerprint density at radius 1 is 1.06 bits per heavy atom. The number of ether oxygens (including phenoxy) is 1. The van der Waals surface area contributed by atoms with Crippen LogP contribution < -0.4 is 10.1 Å². The number of hydrogen-bond donors (Lipinski definition) is 1. The Bertz CT molecular complexity index is 399.